The third-order valence-electron chi connectivity index (χ3n) is 3.53. The van der Waals surface area contributed by atoms with Gasteiger partial charge in [-0.2, -0.15) is 0 Å². The molecule has 0 fully saturated rings. The zero-order valence-electron chi connectivity index (χ0n) is 12.7. The van der Waals surface area contributed by atoms with Crippen LogP contribution in [0.5, 0.6) is 0 Å². The molecule has 1 heteroatoms. The number of benzene rings is 1. The summed E-state index contributed by atoms with van der Waals surface area (Å²) in [6, 6.07) is 9.15. The van der Waals surface area contributed by atoms with Crippen molar-refractivity contribution in [3.8, 4) is 0 Å². The summed E-state index contributed by atoms with van der Waals surface area (Å²) in [5.41, 5.74) is 8.91. The highest BCUT2D eigenvalue weighted by atomic mass is 14.5. The predicted molar refractivity (Wildman–Crippen MR) is 80.9 cm³/mol. The Morgan fingerprint density at radius 2 is 1.61 bits per heavy atom. The molecule has 1 aromatic carbocycles. The van der Waals surface area contributed by atoms with Crippen molar-refractivity contribution in [2.75, 3.05) is 6.54 Å². The number of hydrogen-bond acceptors (Lipinski definition) is 1. The number of nitrogens with two attached hydrogens (primary N) is 1. The van der Waals surface area contributed by atoms with E-state index in [1.807, 2.05) is 0 Å². The van der Waals surface area contributed by atoms with Crippen molar-refractivity contribution in [3.05, 3.63) is 35.4 Å². The molecule has 0 aliphatic rings. The Morgan fingerprint density at radius 3 is 2.00 bits per heavy atom. The van der Waals surface area contributed by atoms with Gasteiger partial charge in [-0.1, -0.05) is 58.9 Å². The molecule has 102 valence electrons. The lowest BCUT2D eigenvalue weighted by molar-refractivity contribution is 0.307. The molecule has 1 rings (SSSR count). The Hall–Kier alpha value is -0.820. The standard InChI is InChI=1S/C17H29N/c1-13(2)12-14-6-8-15(9-7-14)16(10-11-18)17(3,4)5/h6-9,13,16H,10-12,18H2,1-5H3. The summed E-state index contributed by atoms with van der Waals surface area (Å²) in [6.45, 7) is 12.2. The van der Waals surface area contributed by atoms with E-state index in [0.717, 1.165) is 25.3 Å². The van der Waals surface area contributed by atoms with Crippen molar-refractivity contribution in [1.82, 2.24) is 0 Å². The minimum Gasteiger partial charge on any atom is -0.330 e. The van der Waals surface area contributed by atoms with Gasteiger partial charge in [-0.05, 0) is 47.8 Å². The maximum absolute atomic E-state index is 5.76. The van der Waals surface area contributed by atoms with E-state index >= 15 is 0 Å². The number of hydrogen-bond donors (Lipinski definition) is 1. The summed E-state index contributed by atoms with van der Waals surface area (Å²) in [6.07, 6.45) is 2.23. The summed E-state index contributed by atoms with van der Waals surface area (Å²) in [5.74, 6) is 1.27. The van der Waals surface area contributed by atoms with E-state index in [9.17, 15) is 0 Å². The van der Waals surface area contributed by atoms with Crippen LogP contribution >= 0.6 is 0 Å². The Kier molecular flexibility index (Phi) is 5.40. The monoisotopic (exact) mass is 247 g/mol. The first-order chi connectivity index (χ1) is 8.34. The molecule has 18 heavy (non-hydrogen) atoms. The van der Waals surface area contributed by atoms with Gasteiger partial charge in [0.2, 0.25) is 0 Å². The molecule has 1 nitrogen and oxygen atoms in total. The fraction of sp³-hybridized carbons (Fsp3) is 0.647. The Balaban J connectivity index is 2.87. The molecule has 2 N–H and O–H groups in total. The maximum atomic E-state index is 5.76. The quantitative estimate of drug-likeness (QED) is 0.822. The fourth-order valence-corrected chi connectivity index (χ4v) is 2.62. The second-order valence-corrected chi connectivity index (χ2v) is 6.84. The van der Waals surface area contributed by atoms with Crippen LogP contribution in [-0.4, -0.2) is 6.54 Å². The molecule has 1 unspecified atom stereocenters. The zero-order valence-corrected chi connectivity index (χ0v) is 12.7. The Labute approximate surface area is 113 Å². The molecule has 0 radical (unpaired) electrons. The van der Waals surface area contributed by atoms with Crippen LogP contribution in [0.1, 0.15) is 58.1 Å². The topological polar surface area (TPSA) is 26.0 Å². The molecule has 0 aliphatic carbocycles. The molecule has 0 saturated carbocycles. The van der Waals surface area contributed by atoms with Crippen molar-refractivity contribution in [2.24, 2.45) is 17.1 Å². The fourth-order valence-electron chi connectivity index (χ4n) is 2.62. The van der Waals surface area contributed by atoms with Gasteiger partial charge in [0.05, 0.1) is 0 Å². The lowest BCUT2D eigenvalue weighted by Gasteiger charge is -2.31. The van der Waals surface area contributed by atoms with Gasteiger partial charge in [-0.25, -0.2) is 0 Å². The van der Waals surface area contributed by atoms with Crippen LogP contribution in [0.4, 0.5) is 0 Å². The lowest BCUT2D eigenvalue weighted by Crippen LogP contribution is -2.21. The Morgan fingerprint density at radius 1 is 1.06 bits per heavy atom. The summed E-state index contributed by atoms with van der Waals surface area (Å²) in [7, 11) is 0. The minimum absolute atomic E-state index is 0.277. The molecule has 0 aromatic heterocycles. The summed E-state index contributed by atoms with van der Waals surface area (Å²) in [4.78, 5) is 0. The average molecular weight is 247 g/mol. The lowest BCUT2D eigenvalue weighted by atomic mass is 9.74. The highest BCUT2D eigenvalue weighted by molar-refractivity contribution is 5.27. The van der Waals surface area contributed by atoms with Crippen LogP contribution in [0.2, 0.25) is 0 Å². The molecular weight excluding hydrogens is 218 g/mol. The van der Waals surface area contributed by atoms with Crippen LogP contribution in [0.25, 0.3) is 0 Å². The van der Waals surface area contributed by atoms with Gasteiger partial charge in [0.25, 0.3) is 0 Å². The highest BCUT2D eigenvalue weighted by Crippen LogP contribution is 2.37. The van der Waals surface area contributed by atoms with Gasteiger partial charge in [0.1, 0.15) is 0 Å². The molecule has 0 aliphatic heterocycles. The van der Waals surface area contributed by atoms with Crippen molar-refractivity contribution >= 4 is 0 Å². The Bertz CT molecular complexity index is 343. The van der Waals surface area contributed by atoms with E-state index in [-0.39, 0.29) is 5.41 Å². The highest BCUT2D eigenvalue weighted by Gasteiger charge is 2.25. The van der Waals surface area contributed by atoms with Crippen LogP contribution in [0, 0.1) is 11.3 Å². The van der Waals surface area contributed by atoms with Gasteiger partial charge in [0.15, 0.2) is 0 Å². The smallest absolute Gasteiger partial charge is 0.00712 e. The molecule has 1 aromatic rings. The first kappa shape index (κ1) is 15.2. The third kappa shape index (κ3) is 4.45. The van der Waals surface area contributed by atoms with Crippen LogP contribution in [0.3, 0.4) is 0 Å². The molecule has 0 saturated heterocycles. The van der Waals surface area contributed by atoms with E-state index in [0.29, 0.717) is 5.92 Å². The molecule has 1 atom stereocenters. The zero-order chi connectivity index (χ0) is 13.8. The average Bonchev–Trinajstić information content (AvgIpc) is 2.25. The molecule has 0 spiro atoms. The van der Waals surface area contributed by atoms with E-state index in [4.69, 9.17) is 5.73 Å². The predicted octanol–water partition coefficient (Wildman–Crippen LogP) is 4.36. The largest absolute Gasteiger partial charge is 0.330 e. The second kappa shape index (κ2) is 6.38. The minimum atomic E-state index is 0.277. The molecule has 0 bridgehead atoms. The first-order valence-electron chi connectivity index (χ1n) is 7.13. The van der Waals surface area contributed by atoms with Gasteiger partial charge in [-0.15, -0.1) is 0 Å². The van der Waals surface area contributed by atoms with Crippen molar-refractivity contribution in [3.63, 3.8) is 0 Å². The normalized spacial score (nSPS) is 13.9. The molecular formula is C17H29N. The van der Waals surface area contributed by atoms with Gasteiger partial charge in [0, 0.05) is 0 Å². The first-order valence-corrected chi connectivity index (χ1v) is 7.13. The maximum Gasteiger partial charge on any atom is -0.00712 e. The molecule has 0 amide bonds. The van der Waals surface area contributed by atoms with Crippen LogP contribution < -0.4 is 5.73 Å². The van der Waals surface area contributed by atoms with E-state index in [1.54, 1.807) is 0 Å². The van der Waals surface area contributed by atoms with Gasteiger partial charge >= 0.3 is 0 Å². The van der Waals surface area contributed by atoms with Crippen molar-refractivity contribution < 1.29 is 0 Å². The summed E-state index contributed by atoms with van der Waals surface area (Å²) in [5, 5.41) is 0. The third-order valence-corrected chi connectivity index (χ3v) is 3.53. The molecule has 0 heterocycles. The SMILES string of the molecule is CC(C)Cc1ccc(C(CCN)C(C)(C)C)cc1. The van der Waals surface area contributed by atoms with Crippen LogP contribution in [-0.2, 0) is 6.42 Å². The number of rotatable bonds is 5. The van der Waals surface area contributed by atoms with Crippen molar-refractivity contribution in [1.29, 1.82) is 0 Å². The summed E-state index contributed by atoms with van der Waals surface area (Å²) >= 11 is 0. The van der Waals surface area contributed by atoms with E-state index < -0.39 is 0 Å². The van der Waals surface area contributed by atoms with E-state index in [1.165, 1.54) is 11.1 Å². The summed E-state index contributed by atoms with van der Waals surface area (Å²) < 4.78 is 0. The van der Waals surface area contributed by atoms with Gasteiger partial charge < -0.3 is 5.73 Å². The van der Waals surface area contributed by atoms with Gasteiger partial charge in [-0.3, -0.25) is 0 Å². The van der Waals surface area contributed by atoms with E-state index in [2.05, 4.69) is 58.9 Å². The van der Waals surface area contributed by atoms with Crippen LogP contribution in [0.15, 0.2) is 24.3 Å². The van der Waals surface area contributed by atoms with Crippen molar-refractivity contribution in [2.45, 2.75) is 53.4 Å². The second-order valence-electron chi connectivity index (χ2n) is 6.84.